The van der Waals surface area contributed by atoms with Crippen molar-refractivity contribution in [2.45, 2.75) is 12.8 Å². The SMILES string of the molecule is COc1ccc2[nH]c(O)c(N=NC(=O)CCC(=O)NN)c2c1. The third kappa shape index (κ3) is 3.38. The van der Waals surface area contributed by atoms with Crippen molar-refractivity contribution in [1.82, 2.24) is 10.4 Å². The van der Waals surface area contributed by atoms with Gasteiger partial charge in [0.2, 0.25) is 11.8 Å². The van der Waals surface area contributed by atoms with Crippen molar-refractivity contribution < 1.29 is 19.4 Å². The molecule has 0 aliphatic rings. The van der Waals surface area contributed by atoms with Gasteiger partial charge in [-0.05, 0) is 18.2 Å². The lowest BCUT2D eigenvalue weighted by Gasteiger charge is -1.98. The molecule has 2 amide bonds. The Morgan fingerprint density at radius 2 is 2.18 bits per heavy atom. The molecule has 116 valence electrons. The second kappa shape index (κ2) is 6.68. The smallest absolute Gasteiger partial charge is 0.265 e. The largest absolute Gasteiger partial charge is 0.497 e. The number of nitrogens with zero attached hydrogens (tertiary/aromatic N) is 2. The molecule has 0 spiro atoms. The molecule has 0 unspecified atom stereocenters. The number of hydrogen-bond acceptors (Lipinski definition) is 6. The Morgan fingerprint density at radius 3 is 2.86 bits per heavy atom. The molecule has 1 heterocycles. The van der Waals surface area contributed by atoms with Crippen molar-refractivity contribution in [2.24, 2.45) is 16.1 Å². The number of carbonyl (C=O) groups excluding carboxylic acids is 2. The molecule has 0 aliphatic heterocycles. The van der Waals surface area contributed by atoms with Gasteiger partial charge in [0.1, 0.15) is 5.75 Å². The third-order valence-electron chi connectivity index (χ3n) is 2.95. The van der Waals surface area contributed by atoms with Crippen LogP contribution in [0.3, 0.4) is 0 Å². The predicted molar refractivity (Wildman–Crippen MR) is 77.6 cm³/mol. The number of aromatic nitrogens is 1. The molecule has 0 fully saturated rings. The normalized spacial score (nSPS) is 11.0. The third-order valence-corrected chi connectivity index (χ3v) is 2.95. The van der Waals surface area contributed by atoms with Gasteiger partial charge in [0.05, 0.1) is 12.6 Å². The van der Waals surface area contributed by atoms with E-state index in [1.807, 2.05) is 5.43 Å². The van der Waals surface area contributed by atoms with Gasteiger partial charge in [-0.1, -0.05) is 0 Å². The minimum Gasteiger partial charge on any atom is -0.497 e. The van der Waals surface area contributed by atoms with E-state index in [2.05, 4.69) is 15.2 Å². The number of hydrogen-bond donors (Lipinski definition) is 4. The van der Waals surface area contributed by atoms with E-state index in [1.54, 1.807) is 18.2 Å². The zero-order chi connectivity index (χ0) is 16.1. The van der Waals surface area contributed by atoms with E-state index in [0.29, 0.717) is 16.7 Å². The summed E-state index contributed by atoms with van der Waals surface area (Å²) in [7, 11) is 1.51. The van der Waals surface area contributed by atoms with Gasteiger partial charge in [0, 0.05) is 18.2 Å². The van der Waals surface area contributed by atoms with E-state index in [9.17, 15) is 14.7 Å². The number of methoxy groups -OCH3 is 1. The maximum atomic E-state index is 11.5. The van der Waals surface area contributed by atoms with Gasteiger partial charge >= 0.3 is 0 Å². The first kappa shape index (κ1) is 15.4. The van der Waals surface area contributed by atoms with Crippen molar-refractivity contribution in [2.75, 3.05) is 7.11 Å². The number of aromatic amines is 1. The summed E-state index contributed by atoms with van der Waals surface area (Å²) in [4.78, 5) is 25.2. The number of ether oxygens (including phenoxy) is 1. The van der Waals surface area contributed by atoms with E-state index < -0.39 is 11.8 Å². The molecule has 1 aromatic carbocycles. The molecule has 0 saturated heterocycles. The van der Waals surface area contributed by atoms with Gasteiger partial charge in [0.15, 0.2) is 5.69 Å². The molecule has 1 aromatic heterocycles. The van der Waals surface area contributed by atoms with E-state index in [4.69, 9.17) is 10.6 Å². The van der Waals surface area contributed by atoms with Crippen molar-refractivity contribution in [1.29, 1.82) is 0 Å². The van der Waals surface area contributed by atoms with Crippen LogP contribution in [0.2, 0.25) is 0 Å². The highest BCUT2D eigenvalue weighted by Crippen LogP contribution is 2.37. The Kier molecular flexibility index (Phi) is 4.69. The average Bonchev–Trinajstić information content (AvgIpc) is 2.84. The summed E-state index contributed by atoms with van der Waals surface area (Å²) in [6.07, 6.45) is -0.207. The zero-order valence-electron chi connectivity index (χ0n) is 11.8. The van der Waals surface area contributed by atoms with E-state index >= 15 is 0 Å². The number of azo groups is 1. The van der Waals surface area contributed by atoms with Crippen LogP contribution in [-0.4, -0.2) is 29.0 Å². The minimum absolute atomic E-state index is 0.0813. The first-order valence-corrected chi connectivity index (χ1v) is 6.38. The lowest BCUT2D eigenvalue weighted by atomic mass is 10.2. The number of rotatable bonds is 5. The molecule has 0 aliphatic carbocycles. The van der Waals surface area contributed by atoms with Gasteiger partial charge in [-0.15, -0.1) is 10.2 Å². The highest BCUT2D eigenvalue weighted by Gasteiger charge is 2.12. The maximum Gasteiger partial charge on any atom is 0.265 e. The Hall–Kier alpha value is -2.94. The second-order valence-electron chi connectivity index (χ2n) is 4.39. The zero-order valence-corrected chi connectivity index (χ0v) is 11.8. The topological polar surface area (TPSA) is 142 Å². The number of fused-ring (bicyclic) bond motifs is 1. The van der Waals surface area contributed by atoms with Crippen LogP contribution in [0.4, 0.5) is 5.69 Å². The van der Waals surface area contributed by atoms with Crippen LogP contribution in [0.15, 0.2) is 28.4 Å². The Balaban J connectivity index is 2.19. The fourth-order valence-electron chi connectivity index (χ4n) is 1.82. The van der Waals surface area contributed by atoms with Crippen LogP contribution in [0.1, 0.15) is 12.8 Å². The van der Waals surface area contributed by atoms with Crippen molar-refractivity contribution in [3.63, 3.8) is 0 Å². The lowest BCUT2D eigenvalue weighted by Crippen LogP contribution is -2.30. The molecule has 22 heavy (non-hydrogen) atoms. The molecular weight excluding hydrogens is 290 g/mol. The van der Waals surface area contributed by atoms with Gasteiger partial charge in [-0.25, -0.2) is 5.84 Å². The molecule has 9 nitrogen and oxygen atoms in total. The van der Waals surface area contributed by atoms with Crippen LogP contribution >= 0.6 is 0 Å². The molecule has 2 aromatic rings. The molecule has 2 rings (SSSR count). The lowest BCUT2D eigenvalue weighted by molar-refractivity contribution is -0.125. The summed E-state index contributed by atoms with van der Waals surface area (Å²) in [6.45, 7) is 0. The van der Waals surface area contributed by atoms with Crippen LogP contribution in [0.5, 0.6) is 11.6 Å². The maximum absolute atomic E-state index is 11.5. The summed E-state index contributed by atoms with van der Waals surface area (Å²) < 4.78 is 5.10. The molecule has 0 radical (unpaired) electrons. The highest BCUT2D eigenvalue weighted by atomic mass is 16.5. The fraction of sp³-hybridized carbons (Fsp3) is 0.231. The first-order valence-electron chi connectivity index (χ1n) is 6.38. The summed E-state index contributed by atoms with van der Waals surface area (Å²) >= 11 is 0. The highest BCUT2D eigenvalue weighted by molar-refractivity contribution is 5.95. The Bertz CT molecular complexity index is 737. The summed E-state index contributed by atoms with van der Waals surface area (Å²) in [6, 6.07) is 5.09. The number of hydrazine groups is 1. The Morgan fingerprint density at radius 1 is 1.41 bits per heavy atom. The number of nitrogens with one attached hydrogen (secondary N) is 2. The molecule has 5 N–H and O–H groups in total. The van der Waals surface area contributed by atoms with Gasteiger partial charge < -0.3 is 14.8 Å². The number of carbonyl (C=O) groups is 2. The molecular formula is C13H15N5O4. The van der Waals surface area contributed by atoms with Crippen LogP contribution < -0.4 is 16.0 Å². The molecule has 9 heteroatoms. The Labute approximate surface area is 125 Å². The molecule has 0 atom stereocenters. The first-order chi connectivity index (χ1) is 10.5. The molecule has 0 bridgehead atoms. The predicted octanol–water partition coefficient (Wildman–Crippen LogP) is 1.26. The van der Waals surface area contributed by atoms with Crippen LogP contribution in [-0.2, 0) is 9.59 Å². The van der Waals surface area contributed by atoms with Crippen LogP contribution in [0.25, 0.3) is 10.9 Å². The van der Waals surface area contributed by atoms with Crippen molar-refractivity contribution in [3.05, 3.63) is 18.2 Å². The summed E-state index contributed by atoms with van der Waals surface area (Å²) in [5, 5.41) is 17.6. The van der Waals surface area contributed by atoms with Gasteiger partial charge in [-0.2, -0.15) is 0 Å². The number of aromatic hydroxyl groups is 1. The van der Waals surface area contributed by atoms with E-state index in [1.165, 1.54) is 7.11 Å². The van der Waals surface area contributed by atoms with Crippen LogP contribution in [0, 0.1) is 0 Å². The summed E-state index contributed by atoms with van der Waals surface area (Å²) in [5.74, 6) is 4.21. The number of H-pyrrole nitrogens is 1. The standard InChI is InChI=1S/C13H15N5O4/c1-22-7-2-3-9-8(6-7)12(13(21)15-9)18-17-11(20)5-4-10(19)16-14/h2-3,6,15,21H,4-5,14H2,1H3,(H,16,19). The van der Waals surface area contributed by atoms with Gasteiger partial charge in [0.25, 0.3) is 5.91 Å². The van der Waals surface area contributed by atoms with E-state index in [-0.39, 0.29) is 24.4 Å². The van der Waals surface area contributed by atoms with Crippen molar-refractivity contribution in [3.8, 4) is 11.6 Å². The number of nitrogens with two attached hydrogens (primary N) is 1. The van der Waals surface area contributed by atoms with Gasteiger partial charge in [-0.3, -0.25) is 15.0 Å². The monoisotopic (exact) mass is 305 g/mol. The number of amides is 2. The minimum atomic E-state index is -0.597. The van der Waals surface area contributed by atoms with Crippen molar-refractivity contribution >= 4 is 28.4 Å². The fourth-order valence-corrected chi connectivity index (χ4v) is 1.82. The van der Waals surface area contributed by atoms with E-state index in [0.717, 1.165) is 0 Å². The second-order valence-corrected chi connectivity index (χ2v) is 4.39. The number of benzene rings is 1. The molecule has 0 saturated carbocycles. The quantitative estimate of drug-likeness (QED) is 0.285. The average molecular weight is 305 g/mol. The summed E-state index contributed by atoms with van der Waals surface area (Å²) in [5.41, 5.74) is 2.67.